The molecular formula is C12H17NO5S2. The minimum Gasteiger partial charge on any atom is -0.477 e. The van der Waals surface area contributed by atoms with Crippen molar-refractivity contribution >= 4 is 27.3 Å². The van der Waals surface area contributed by atoms with E-state index in [4.69, 9.17) is 5.11 Å². The van der Waals surface area contributed by atoms with E-state index in [0.717, 1.165) is 30.6 Å². The summed E-state index contributed by atoms with van der Waals surface area (Å²) in [4.78, 5) is 10.6. The lowest BCUT2D eigenvalue weighted by Gasteiger charge is -2.35. The van der Waals surface area contributed by atoms with Crippen LogP contribution in [0.4, 0.5) is 0 Å². The highest BCUT2D eigenvalue weighted by Gasteiger charge is 2.37. The SMILES string of the molecule is O=C(O)c1sccc1S(=O)(=O)NC1(CO)CCCCC1. The van der Waals surface area contributed by atoms with Crippen molar-refractivity contribution in [1.82, 2.24) is 4.72 Å². The molecule has 1 aromatic heterocycles. The fourth-order valence-corrected chi connectivity index (χ4v) is 5.24. The van der Waals surface area contributed by atoms with Gasteiger partial charge in [-0.1, -0.05) is 19.3 Å². The Kier molecular flexibility index (Phi) is 4.48. The second-order valence-corrected chi connectivity index (χ2v) is 7.59. The first kappa shape index (κ1) is 15.4. The molecule has 1 saturated carbocycles. The van der Waals surface area contributed by atoms with Gasteiger partial charge in [0.2, 0.25) is 10.0 Å². The molecule has 1 aromatic rings. The number of nitrogens with one attached hydrogen (secondary N) is 1. The largest absolute Gasteiger partial charge is 0.477 e. The summed E-state index contributed by atoms with van der Waals surface area (Å²) in [6.45, 7) is -0.279. The van der Waals surface area contributed by atoms with Crippen LogP contribution in [-0.2, 0) is 10.0 Å². The molecule has 0 amide bonds. The van der Waals surface area contributed by atoms with Gasteiger partial charge in [-0.05, 0) is 24.3 Å². The van der Waals surface area contributed by atoms with E-state index in [0.29, 0.717) is 12.8 Å². The van der Waals surface area contributed by atoms with Crippen molar-refractivity contribution in [3.05, 3.63) is 16.3 Å². The Bertz CT molecular complexity index is 587. The molecule has 0 bridgehead atoms. The molecule has 0 saturated heterocycles. The number of aliphatic hydroxyl groups excluding tert-OH is 1. The molecule has 2 rings (SSSR count). The maximum absolute atomic E-state index is 12.4. The molecule has 8 heteroatoms. The number of thiophene rings is 1. The third-order valence-corrected chi connectivity index (χ3v) is 6.23. The summed E-state index contributed by atoms with van der Waals surface area (Å²) in [5, 5.41) is 20.0. The molecule has 3 N–H and O–H groups in total. The summed E-state index contributed by atoms with van der Waals surface area (Å²) >= 11 is 0.872. The van der Waals surface area contributed by atoms with Crippen molar-refractivity contribution < 1.29 is 23.4 Å². The number of hydrogen-bond donors (Lipinski definition) is 3. The zero-order valence-electron chi connectivity index (χ0n) is 10.8. The smallest absolute Gasteiger partial charge is 0.347 e. The van der Waals surface area contributed by atoms with Gasteiger partial charge in [0, 0.05) is 0 Å². The first-order valence-electron chi connectivity index (χ1n) is 6.36. The minimum absolute atomic E-state index is 0.207. The highest BCUT2D eigenvalue weighted by Crippen LogP contribution is 2.31. The van der Waals surface area contributed by atoms with Crippen LogP contribution in [0.1, 0.15) is 41.8 Å². The number of carboxylic acid groups (broad SMARTS) is 1. The Balaban J connectivity index is 2.30. The monoisotopic (exact) mass is 319 g/mol. The predicted molar refractivity (Wildman–Crippen MR) is 74.5 cm³/mol. The molecule has 0 aliphatic heterocycles. The van der Waals surface area contributed by atoms with Crippen molar-refractivity contribution in [3.8, 4) is 0 Å². The summed E-state index contributed by atoms with van der Waals surface area (Å²) in [5.74, 6) is -1.26. The molecule has 6 nitrogen and oxygen atoms in total. The number of sulfonamides is 1. The highest BCUT2D eigenvalue weighted by atomic mass is 32.2. The predicted octanol–water partition coefficient (Wildman–Crippen LogP) is 1.42. The lowest BCUT2D eigenvalue weighted by molar-refractivity contribution is 0.0698. The van der Waals surface area contributed by atoms with Crippen LogP contribution in [0.2, 0.25) is 0 Å². The number of hydrogen-bond acceptors (Lipinski definition) is 5. The van der Waals surface area contributed by atoms with Crippen molar-refractivity contribution in [1.29, 1.82) is 0 Å². The molecular weight excluding hydrogens is 302 g/mol. The molecule has 112 valence electrons. The average molecular weight is 319 g/mol. The summed E-state index contributed by atoms with van der Waals surface area (Å²) < 4.78 is 27.3. The lowest BCUT2D eigenvalue weighted by atomic mass is 9.83. The van der Waals surface area contributed by atoms with Gasteiger partial charge in [0.1, 0.15) is 9.77 Å². The molecule has 1 fully saturated rings. The molecule has 1 aliphatic carbocycles. The molecule has 1 aliphatic rings. The number of carbonyl (C=O) groups is 1. The van der Waals surface area contributed by atoms with E-state index >= 15 is 0 Å². The van der Waals surface area contributed by atoms with Crippen LogP contribution < -0.4 is 4.72 Å². The first-order chi connectivity index (χ1) is 9.40. The number of aromatic carboxylic acids is 1. The van der Waals surface area contributed by atoms with E-state index in [1.165, 1.54) is 11.4 Å². The van der Waals surface area contributed by atoms with Crippen LogP contribution >= 0.6 is 11.3 Å². The summed E-state index contributed by atoms with van der Waals surface area (Å²) in [6.07, 6.45) is 3.84. The Morgan fingerprint density at radius 2 is 2.00 bits per heavy atom. The Morgan fingerprint density at radius 3 is 2.55 bits per heavy atom. The van der Waals surface area contributed by atoms with Crippen molar-refractivity contribution in [2.75, 3.05) is 6.61 Å². The Hall–Kier alpha value is -0.960. The van der Waals surface area contributed by atoms with Gasteiger partial charge in [0.25, 0.3) is 0 Å². The van der Waals surface area contributed by atoms with Crippen LogP contribution in [0, 0.1) is 0 Å². The summed E-state index contributed by atoms with van der Waals surface area (Å²) in [5.41, 5.74) is -0.866. The maximum atomic E-state index is 12.4. The molecule has 1 heterocycles. The average Bonchev–Trinajstić information content (AvgIpc) is 2.89. The van der Waals surface area contributed by atoms with Crippen LogP contribution in [0.5, 0.6) is 0 Å². The van der Waals surface area contributed by atoms with Crippen molar-refractivity contribution in [2.24, 2.45) is 0 Å². The molecule has 0 unspecified atom stereocenters. The van der Waals surface area contributed by atoms with Crippen LogP contribution in [-0.4, -0.2) is 36.7 Å². The van der Waals surface area contributed by atoms with Gasteiger partial charge in [-0.3, -0.25) is 0 Å². The zero-order chi connectivity index (χ0) is 14.8. The van der Waals surface area contributed by atoms with Gasteiger partial charge in [0.15, 0.2) is 0 Å². The van der Waals surface area contributed by atoms with E-state index in [2.05, 4.69) is 4.72 Å². The van der Waals surface area contributed by atoms with Crippen molar-refractivity contribution in [3.63, 3.8) is 0 Å². The van der Waals surface area contributed by atoms with E-state index in [1.54, 1.807) is 0 Å². The molecule has 20 heavy (non-hydrogen) atoms. The molecule has 0 spiro atoms. The van der Waals surface area contributed by atoms with Crippen molar-refractivity contribution in [2.45, 2.75) is 42.5 Å². The van der Waals surface area contributed by atoms with E-state index < -0.39 is 21.5 Å². The summed E-state index contributed by atoms with van der Waals surface area (Å²) in [7, 11) is -3.94. The highest BCUT2D eigenvalue weighted by molar-refractivity contribution is 7.89. The fraction of sp³-hybridized carbons (Fsp3) is 0.583. The number of aliphatic hydroxyl groups is 1. The third kappa shape index (κ3) is 3.03. The van der Waals surface area contributed by atoms with Gasteiger partial charge in [0.05, 0.1) is 12.1 Å². The first-order valence-corrected chi connectivity index (χ1v) is 8.72. The maximum Gasteiger partial charge on any atom is 0.347 e. The molecule has 0 atom stereocenters. The van der Waals surface area contributed by atoms with Gasteiger partial charge in [-0.25, -0.2) is 17.9 Å². The number of carboxylic acids is 1. The van der Waals surface area contributed by atoms with Gasteiger partial charge in [-0.2, -0.15) is 0 Å². The minimum atomic E-state index is -3.94. The fourth-order valence-electron chi connectivity index (χ4n) is 2.53. The lowest BCUT2D eigenvalue weighted by Crippen LogP contribution is -2.52. The van der Waals surface area contributed by atoms with Gasteiger partial charge < -0.3 is 10.2 Å². The van der Waals surface area contributed by atoms with E-state index in [-0.39, 0.29) is 16.4 Å². The van der Waals surface area contributed by atoms with Crippen LogP contribution in [0.25, 0.3) is 0 Å². The Morgan fingerprint density at radius 1 is 1.35 bits per heavy atom. The molecule has 0 radical (unpaired) electrons. The van der Waals surface area contributed by atoms with Gasteiger partial charge in [-0.15, -0.1) is 11.3 Å². The second-order valence-electron chi connectivity index (χ2n) is 5.02. The normalized spacial score (nSPS) is 18.9. The molecule has 0 aromatic carbocycles. The third-order valence-electron chi connectivity index (χ3n) is 3.58. The topological polar surface area (TPSA) is 104 Å². The Labute approximate surface area is 121 Å². The van der Waals surface area contributed by atoms with Crippen LogP contribution in [0.15, 0.2) is 16.3 Å². The number of rotatable bonds is 5. The summed E-state index contributed by atoms with van der Waals surface area (Å²) in [6, 6.07) is 1.28. The van der Waals surface area contributed by atoms with Gasteiger partial charge >= 0.3 is 5.97 Å². The van der Waals surface area contributed by atoms with E-state index in [9.17, 15) is 18.3 Å². The van der Waals surface area contributed by atoms with Crippen LogP contribution in [0.3, 0.4) is 0 Å². The quantitative estimate of drug-likeness (QED) is 0.761. The second kappa shape index (κ2) is 5.80. The standard InChI is InChI=1S/C12H17NO5S2/c14-8-12(5-2-1-3-6-12)13-20(17,18)9-4-7-19-10(9)11(15)16/h4,7,13-14H,1-3,5-6,8H2,(H,15,16). The van der Waals surface area contributed by atoms with E-state index in [1.807, 2.05) is 0 Å². The zero-order valence-corrected chi connectivity index (χ0v) is 12.5.